The van der Waals surface area contributed by atoms with Crippen molar-refractivity contribution in [2.45, 2.75) is 13.8 Å². The fourth-order valence-electron chi connectivity index (χ4n) is 0.967. The van der Waals surface area contributed by atoms with E-state index in [0.29, 0.717) is 11.4 Å². The van der Waals surface area contributed by atoms with Crippen molar-refractivity contribution in [2.24, 2.45) is 0 Å². The third kappa shape index (κ3) is 1.42. The summed E-state index contributed by atoms with van der Waals surface area (Å²) in [5, 5.41) is 11.1. The Bertz CT molecular complexity index is 248. The van der Waals surface area contributed by atoms with E-state index in [1.807, 2.05) is 0 Å². The lowest BCUT2D eigenvalue weighted by molar-refractivity contribution is -0.619. The van der Waals surface area contributed by atoms with Gasteiger partial charge in [-0.25, -0.2) is 0 Å². The number of rotatable bonds is 1. The zero-order valence-electron chi connectivity index (χ0n) is 6.92. The maximum atomic E-state index is 11.1. The third-order valence-corrected chi connectivity index (χ3v) is 1.58. The molecule has 0 aromatic carbocycles. The Hall–Kier alpha value is -1.25. The molecule has 11 heavy (non-hydrogen) atoms. The second-order valence-corrected chi connectivity index (χ2v) is 2.47. The van der Waals surface area contributed by atoms with Crippen molar-refractivity contribution in [2.75, 3.05) is 7.11 Å². The fourth-order valence-corrected chi connectivity index (χ4v) is 0.967. The Balaban J connectivity index is 3.21. The van der Waals surface area contributed by atoms with Gasteiger partial charge in [-0.3, -0.25) is 0 Å². The van der Waals surface area contributed by atoms with Crippen molar-refractivity contribution in [1.29, 1.82) is 0 Å². The molecule has 0 bridgehead atoms. The van der Waals surface area contributed by atoms with Crippen molar-refractivity contribution in [3.8, 4) is 5.75 Å². The number of aryl methyl sites for hydroxylation is 2. The molecule has 0 amide bonds. The molecule has 60 valence electrons. The molecule has 0 aliphatic carbocycles. The van der Waals surface area contributed by atoms with Gasteiger partial charge < -0.3 is 9.94 Å². The summed E-state index contributed by atoms with van der Waals surface area (Å²) in [7, 11) is 1.59. The smallest absolute Gasteiger partial charge is 0.193 e. The highest BCUT2D eigenvalue weighted by Gasteiger charge is 2.05. The molecule has 0 N–H and O–H groups in total. The summed E-state index contributed by atoms with van der Waals surface area (Å²) >= 11 is 0. The molecule has 3 nitrogen and oxygen atoms in total. The molecule has 1 aromatic rings. The van der Waals surface area contributed by atoms with Gasteiger partial charge in [-0.2, -0.15) is 4.73 Å². The lowest BCUT2D eigenvalue weighted by Gasteiger charge is -2.05. The second kappa shape index (κ2) is 2.78. The summed E-state index contributed by atoms with van der Waals surface area (Å²) < 4.78 is 5.86. The van der Waals surface area contributed by atoms with Crippen LogP contribution in [0, 0.1) is 19.1 Å². The van der Waals surface area contributed by atoms with Gasteiger partial charge in [0.25, 0.3) is 0 Å². The first-order valence-corrected chi connectivity index (χ1v) is 3.40. The second-order valence-electron chi connectivity index (χ2n) is 2.47. The van der Waals surface area contributed by atoms with E-state index < -0.39 is 0 Å². The molecule has 0 atom stereocenters. The lowest BCUT2D eigenvalue weighted by Crippen LogP contribution is -2.33. The van der Waals surface area contributed by atoms with Crippen LogP contribution in [0.1, 0.15) is 11.4 Å². The lowest BCUT2D eigenvalue weighted by atomic mass is 10.3. The van der Waals surface area contributed by atoms with E-state index in [1.54, 1.807) is 33.1 Å². The number of pyridine rings is 1. The molecule has 1 heterocycles. The van der Waals surface area contributed by atoms with Crippen LogP contribution in [-0.4, -0.2) is 7.11 Å². The van der Waals surface area contributed by atoms with Crippen LogP contribution in [0.5, 0.6) is 5.75 Å². The molecular formula is C8H11NO2. The molecule has 0 saturated heterocycles. The normalized spacial score (nSPS) is 9.73. The van der Waals surface area contributed by atoms with Crippen LogP contribution in [-0.2, 0) is 0 Å². The molecule has 0 spiro atoms. The van der Waals surface area contributed by atoms with E-state index >= 15 is 0 Å². The maximum Gasteiger partial charge on any atom is 0.193 e. The van der Waals surface area contributed by atoms with E-state index in [2.05, 4.69) is 0 Å². The standard InChI is InChI=1S/C8H11NO2/c1-6-4-8(11-3)5-7(2)9(6)10/h4-5H,1-3H3. The van der Waals surface area contributed by atoms with Crippen molar-refractivity contribution in [3.05, 3.63) is 28.7 Å². The van der Waals surface area contributed by atoms with E-state index in [9.17, 15) is 5.21 Å². The van der Waals surface area contributed by atoms with Gasteiger partial charge in [-0.05, 0) is 0 Å². The van der Waals surface area contributed by atoms with Crippen molar-refractivity contribution in [1.82, 2.24) is 0 Å². The van der Waals surface area contributed by atoms with E-state index in [4.69, 9.17) is 4.74 Å². The first-order chi connectivity index (χ1) is 5.15. The van der Waals surface area contributed by atoms with E-state index in [0.717, 1.165) is 10.5 Å². The van der Waals surface area contributed by atoms with Crippen LogP contribution >= 0.6 is 0 Å². The number of ether oxygens (including phenoxy) is 1. The van der Waals surface area contributed by atoms with Crippen molar-refractivity contribution >= 4 is 0 Å². The van der Waals surface area contributed by atoms with Crippen LogP contribution < -0.4 is 9.47 Å². The predicted octanol–water partition coefficient (Wildman–Crippen LogP) is 0.945. The SMILES string of the molecule is COc1cc(C)[n+]([O-])c(C)c1. The summed E-state index contributed by atoms with van der Waals surface area (Å²) in [6.45, 7) is 3.50. The molecule has 0 aliphatic rings. The third-order valence-electron chi connectivity index (χ3n) is 1.58. The Labute approximate surface area is 65.8 Å². The highest BCUT2D eigenvalue weighted by molar-refractivity contribution is 5.22. The molecule has 0 radical (unpaired) electrons. The van der Waals surface area contributed by atoms with E-state index in [1.165, 1.54) is 0 Å². The zero-order valence-corrected chi connectivity index (χ0v) is 6.92. The molecule has 0 unspecified atom stereocenters. The highest BCUT2D eigenvalue weighted by Crippen LogP contribution is 2.10. The van der Waals surface area contributed by atoms with Gasteiger partial charge in [0.15, 0.2) is 11.4 Å². The topological polar surface area (TPSA) is 36.2 Å². The number of hydrogen-bond donors (Lipinski definition) is 0. The molecule has 1 rings (SSSR count). The minimum atomic E-state index is 0.654. The van der Waals surface area contributed by atoms with Crippen molar-refractivity contribution in [3.63, 3.8) is 0 Å². The minimum Gasteiger partial charge on any atom is -0.618 e. The highest BCUT2D eigenvalue weighted by atomic mass is 16.5. The molecular weight excluding hydrogens is 142 g/mol. The van der Waals surface area contributed by atoms with Gasteiger partial charge in [0, 0.05) is 26.0 Å². The summed E-state index contributed by atoms with van der Waals surface area (Å²) in [6, 6.07) is 3.42. The van der Waals surface area contributed by atoms with Crippen LogP contribution in [0.2, 0.25) is 0 Å². The van der Waals surface area contributed by atoms with Crippen LogP contribution in [0.15, 0.2) is 12.1 Å². The number of methoxy groups -OCH3 is 1. The summed E-state index contributed by atoms with van der Waals surface area (Å²) in [4.78, 5) is 0. The largest absolute Gasteiger partial charge is 0.618 e. The van der Waals surface area contributed by atoms with Gasteiger partial charge >= 0.3 is 0 Å². The maximum absolute atomic E-state index is 11.1. The first kappa shape index (κ1) is 7.85. The molecule has 3 heteroatoms. The number of aromatic nitrogens is 1. The van der Waals surface area contributed by atoms with Gasteiger partial charge in [-0.15, -0.1) is 0 Å². The van der Waals surface area contributed by atoms with E-state index in [-0.39, 0.29) is 0 Å². The van der Waals surface area contributed by atoms with Crippen LogP contribution in [0.3, 0.4) is 0 Å². The van der Waals surface area contributed by atoms with Gasteiger partial charge in [0.05, 0.1) is 7.11 Å². The first-order valence-electron chi connectivity index (χ1n) is 3.40. The predicted molar refractivity (Wildman–Crippen MR) is 41.4 cm³/mol. The van der Waals surface area contributed by atoms with Crippen LogP contribution in [0.25, 0.3) is 0 Å². The quantitative estimate of drug-likeness (QED) is 0.444. The minimum absolute atomic E-state index is 0.654. The number of hydrogen-bond acceptors (Lipinski definition) is 2. The zero-order chi connectivity index (χ0) is 8.43. The Morgan fingerprint density at radius 3 is 2.09 bits per heavy atom. The van der Waals surface area contributed by atoms with Crippen molar-refractivity contribution < 1.29 is 9.47 Å². The fraction of sp³-hybridized carbons (Fsp3) is 0.375. The summed E-state index contributed by atoms with van der Waals surface area (Å²) in [5.74, 6) is 0.729. The van der Waals surface area contributed by atoms with Gasteiger partial charge in [-0.1, -0.05) is 0 Å². The monoisotopic (exact) mass is 153 g/mol. The Kier molecular flexibility index (Phi) is 1.98. The molecule has 0 fully saturated rings. The molecule has 0 aliphatic heterocycles. The number of nitrogens with zero attached hydrogens (tertiary/aromatic N) is 1. The Morgan fingerprint density at radius 2 is 1.73 bits per heavy atom. The molecule has 1 aromatic heterocycles. The Morgan fingerprint density at radius 1 is 1.27 bits per heavy atom. The van der Waals surface area contributed by atoms with Crippen LogP contribution in [0.4, 0.5) is 0 Å². The summed E-state index contributed by atoms with van der Waals surface area (Å²) in [6.07, 6.45) is 0. The van der Waals surface area contributed by atoms with Gasteiger partial charge in [0.1, 0.15) is 5.75 Å². The average Bonchev–Trinajstić information content (AvgIpc) is 1.99. The average molecular weight is 153 g/mol. The molecule has 0 saturated carbocycles. The van der Waals surface area contributed by atoms with Gasteiger partial charge in [0.2, 0.25) is 0 Å². The summed E-state index contributed by atoms with van der Waals surface area (Å²) in [5.41, 5.74) is 1.31.